The average molecular weight is 211 g/mol. The van der Waals surface area contributed by atoms with Crippen molar-refractivity contribution < 1.29 is 4.74 Å². The third-order valence-electron chi connectivity index (χ3n) is 2.08. The quantitative estimate of drug-likeness (QED) is 0.765. The van der Waals surface area contributed by atoms with Crippen LogP contribution in [0, 0.1) is 18.3 Å². The van der Waals surface area contributed by atoms with Gasteiger partial charge < -0.3 is 4.74 Å². The van der Waals surface area contributed by atoms with Crippen molar-refractivity contribution in [2.45, 2.75) is 6.92 Å². The molecule has 2 aromatic heterocycles. The zero-order valence-electron chi connectivity index (χ0n) is 8.71. The van der Waals surface area contributed by atoms with Crippen LogP contribution in [-0.4, -0.2) is 9.97 Å². The van der Waals surface area contributed by atoms with Gasteiger partial charge in [0, 0.05) is 12.4 Å². The minimum atomic E-state index is 0.445. The Hall–Kier alpha value is -2.41. The second kappa shape index (κ2) is 4.41. The van der Waals surface area contributed by atoms with Gasteiger partial charge in [0.2, 0.25) is 0 Å². The smallest absolute Gasteiger partial charge is 0.163 e. The van der Waals surface area contributed by atoms with Crippen molar-refractivity contribution in [3.05, 3.63) is 48.0 Å². The zero-order valence-corrected chi connectivity index (χ0v) is 8.71. The van der Waals surface area contributed by atoms with Crippen LogP contribution in [0.15, 0.2) is 36.8 Å². The summed E-state index contributed by atoms with van der Waals surface area (Å²) in [6, 6.07) is 7.25. The molecule has 0 saturated carbocycles. The van der Waals surface area contributed by atoms with Gasteiger partial charge in [0.05, 0.1) is 17.5 Å². The van der Waals surface area contributed by atoms with Gasteiger partial charge in [-0.1, -0.05) is 0 Å². The van der Waals surface area contributed by atoms with E-state index in [0.29, 0.717) is 17.1 Å². The summed E-state index contributed by atoms with van der Waals surface area (Å²) in [7, 11) is 0. The lowest BCUT2D eigenvalue weighted by Crippen LogP contribution is -1.92. The topological polar surface area (TPSA) is 58.8 Å². The highest BCUT2D eigenvalue weighted by atomic mass is 16.5. The van der Waals surface area contributed by atoms with Crippen LogP contribution < -0.4 is 4.74 Å². The summed E-state index contributed by atoms with van der Waals surface area (Å²) in [6.07, 6.45) is 4.77. The Bertz CT molecular complexity index is 546. The molecular weight excluding hydrogens is 202 g/mol. The van der Waals surface area contributed by atoms with Crippen LogP contribution in [-0.2, 0) is 0 Å². The molecule has 0 aliphatic carbocycles. The molecule has 0 unspecified atom stereocenters. The fourth-order valence-electron chi connectivity index (χ4n) is 1.25. The molecule has 0 N–H and O–H groups in total. The van der Waals surface area contributed by atoms with Crippen molar-refractivity contribution in [2.75, 3.05) is 0 Å². The van der Waals surface area contributed by atoms with E-state index in [0.717, 1.165) is 5.69 Å². The monoisotopic (exact) mass is 211 g/mol. The molecule has 78 valence electrons. The van der Waals surface area contributed by atoms with Gasteiger partial charge in [-0.15, -0.1) is 0 Å². The van der Waals surface area contributed by atoms with E-state index >= 15 is 0 Å². The number of rotatable bonds is 2. The minimum Gasteiger partial charge on any atom is -0.452 e. The van der Waals surface area contributed by atoms with E-state index in [-0.39, 0.29) is 0 Å². The van der Waals surface area contributed by atoms with Crippen molar-refractivity contribution in [1.82, 2.24) is 9.97 Å². The first-order valence-corrected chi connectivity index (χ1v) is 4.75. The van der Waals surface area contributed by atoms with Crippen molar-refractivity contribution in [3.63, 3.8) is 0 Å². The van der Waals surface area contributed by atoms with Crippen LogP contribution in [0.5, 0.6) is 11.5 Å². The fraction of sp³-hybridized carbons (Fsp3) is 0.0833. The van der Waals surface area contributed by atoms with Gasteiger partial charge in [0.15, 0.2) is 5.75 Å². The number of nitriles is 1. The highest BCUT2D eigenvalue weighted by Gasteiger charge is 2.06. The Kier molecular flexibility index (Phi) is 2.79. The number of ether oxygens (including phenoxy) is 1. The molecule has 2 rings (SSSR count). The molecule has 4 nitrogen and oxygen atoms in total. The first-order valence-electron chi connectivity index (χ1n) is 4.75. The van der Waals surface area contributed by atoms with Crippen LogP contribution >= 0.6 is 0 Å². The van der Waals surface area contributed by atoms with Crippen LogP contribution in [0.3, 0.4) is 0 Å². The van der Waals surface area contributed by atoms with Gasteiger partial charge in [0.25, 0.3) is 0 Å². The van der Waals surface area contributed by atoms with Gasteiger partial charge in [-0.25, -0.2) is 0 Å². The lowest BCUT2D eigenvalue weighted by molar-refractivity contribution is 0.472. The molecule has 0 aromatic carbocycles. The molecule has 0 fully saturated rings. The molecule has 16 heavy (non-hydrogen) atoms. The SMILES string of the molecule is Cc1ncccc1Oc1cnccc1C#N. The largest absolute Gasteiger partial charge is 0.452 e. The molecule has 4 heteroatoms. The lowest BCUT2D eigenvalue weighted by atomic mass is 10.2. The average Bonchev–Trinajstić information content (AvgIpc) is 2.33. The molecule has 0 saturated heterocycles. The maximum atomic E-state index is 8.89. The minimum absolute atomic E-state index is 0.445. The number of hydrogen-bond acceptors (Lipinski definition) is 4. The Morgan fingerprint density at radius 2 is 2.12 bits per heavy atom. The van der Waals surface area contributed by atoms with Crippen molar-refractivity contribution in [3.8, 4) is 17.6 Å². The second-order valence-electron chi connectivity index (χ2n) is 3.17. The summed E-state index contributed by atoms with van der Waals surface area (Å²) in [6.45, 7) is 1.84. The molecule has 0 spiro atoms. The standard InChI is InChI=1S/C12H9N3O/c1-9-11(3-2-5-15-9)16-12-8-14-6-4-10(12)7-13/h2-6,8H,1H3. The van der Waals surface area contributed by atoms with E-state index in [2.05, 4.69) is 9.97 Å². The zero-order chi connectivity index (χ0) is 11.4. The van der Waals surface area contributed by atoms with Gasteiger partial charge in [-0.05, 0) is 25.1 Å². The predicted molar refractivity (Wildman–Crippen MR) is 58.0 cm³/mol. The summed E-state index contributed by atoms with van der Waals surface area (Å²) in [4.78, 5) is 8.03. The van der Waals surface area contributed by atoms with Crippen molar-refractivity contribution >= 4 is 0 Å². The second-order valence-corrected chi connectivity index (χ2v) is 3.17. The van der Waals surface area contributed by atoms with Gasteiger partial charge in [-0.2, -0.15) is 5.26 Å². The number of hydrogen-bond donors (Lipinski definition) is 0. The van der Waals surface area contributed by atoms with E-state index < -0.39 is 0 Å². The molecule has 2 aromatic rings. The lowest BCUT2D eigenvalue weighted by Gasteiger charge is -2.07. The maximum Gasteiger partial charge on any atom is 0.163 e. The van der Waals surface area contributed by atoms with Crippen molar-refractivity contribution in [1.29, 1.82) is 5.26 Å². The van der Waals surface area contributed by atoms with Gasteiger partial charge in [-0.3, -0.25) is 9.97 Å². The Labute approximate surface area is 93.2 Å². The third-order valence-corrected chi connectivity index (χ3v) is 2.08. The highest BCUT2D eigenvalue weighted by Crippen LogP contribution is 2.25. The van der Waals surface area contributed by atoms with Crippen LogP contribution in [0.2, 0.25) is 0 Å². The molecular formula is C12H9N3O. The van der Waals surface area contributed by atoms with E-state index in [1.54, 1.807) is 30.6 Å². The predicted octanol–water partition coefficient (Wildman–Crippen LogP) is 2.45. The summed E-state index contributed by atoms with van der Waals surface area (Å²) in [5.41, 5.74) is 1.23. The van der Waals surface area contributed by atoms with Crippen LogP contribution in [0.1, 0.15) is 11.3 Å². The molecule has 0 aliphatic rings. The van der Waals surface area contributed by atoms with E-state index in [4.69, 9.17) is 10.00 Å². The summed E-state index contributed by atoms with van der Waals surface area (Å²) in [5, 5.41) is 8.89. The molecule has 2 heterocycles. The Morgan fingerprint density at radius 3 is 2.88 bits per heavy atom. The molecule has 0 radical (unpaired) electrons. The normalized spacial score (nSPS) is 9.50. The first kappa shape index (κ1) is 10.1. The number of aryl methyl sites for hydroxylation is 1. The molecule has 0 atom stereocenters. The van der Waals surface area contributed by atoms with Crippen LogP contribution in [0.25, 0.3) is 0 Å². The summed E-state index contributed by atoms with van der Waals surface area (Å²) < 4.78 is 5.58. The highest BCUT2D eigenvalue weighted by molar-refractivity contribution is 5.43. The summed E-state index contributed by atoms with van der Waals surface area (Å²) in [5.74, 6) is 1.08. The molecule has 0 bridgehead atoms. The number of pyridine rings is 2. The molecule has 0 aliphatic heterocycles. The van der Waals surface area contributed by atoms with Crippen molar-refractivity contribution in [2.24, 2.45) is 0 Å². The number of nitrogens with zero attached hydrogens (tertiary/aromatic N) is 3. The Balaban J connectivity index is 2.35. The van der Waals surface area contributed by atoms with E-state index in [1.165, 1.54) is 6.20 Å². The van der Waals surface area contributed by atoms with E-state index in [1.807, 2.05) is 13.0 Å². The van der Waals surface area contributed by atoms with Gasteiger partial charge >= 0.3 is 0 Å². The maximum absolute atomic E-state index is 8.89. The molecule has 0 amide bonds. The Morgan fingerprint density at radius 1 is 1.25 bits per heavy atom. The van der Waals surface area contributed by atoms with E-state index in [9.17, 15) is 0 Å². The third kappa shape index (κ3) is 1.98. The fourth-order valence-corrected chi connectivity index (χ4v) is 1.25. The first-order chi connectivity index (χ1) is 7.81. The van der Waals surface area contributed by atoms with Gasteiger partial charge in [0.1, 0.15) is 11.8 Å². The number of aromatic nitrogens is 2. The van der Waals surface area contributed by atoms with Crippen LogP contribution in [0.4, 0.5) is 0 Å². The summed E-state index contributed by atoms with van der Waals surface area (Å²) >= 11 is 0.